The summed E-state index contributed by atoms with van der Waals surface area (Å²) in [5.41, 5.74) is 1.75. The van der Waals surface area contributed by atoms with Crippen LogP contribution in [0.25, 0.3) is 0 Å². The molecular formula is C18H26N2O4. The van der Waals surface area contributed by atoms with Gasteiger partial charge in [0.25, 0.3) is 0 Å². The van der Waals surface area contributed by atoms with E-state index in [1.807, 2.05) is 32.9 Å². The van der Waals surface area contributed by atoms with Crippen LogP contribution in [0.5, 0.6) is 0 Å². The van der Waals surface area contributed by atoms with Crippen molar-refractivity contribution in [3.05, 3.63) is 35.3 Å². The van der Waals surface area contributed by atoms with E-state index in [0.29, 0.717) is 31.8 Å². The van der Waals surface area contributed by atoms with Crippen LogP contribution in [0.15, 0.2) is 28.4 Å². The van der Waals surface area contributed by atoms with Crippen molar-refractivity contribution in [1.29, 1.82) is 0 Å². The zero-order valence-corrected chi connectivity index (χ0v) is 14.6. The van der Waals surface area contributed by atoms with Gasteiger partial charge in [-0.05, 0) is 38.8 Å². The van der Waals surface area contributed by atoms with E-state index in [2.05, 4.69) is 10.6 Å². The Hall–Kier alpha value is -2.08. The van der Waals surface area contributed by atoms with Gasteiger partial charge in [0.15, 0.2) is 0 Å². The molecule has 132 valence electrons. The first-order chi connectivity index (χ1) is 11.5. The maximum Gasteiger partial charge on any atom is 0.247 e. The summed E-state index contributed by atoms with van der Waals surface area (Å²) in [6.45, 7) is 6.88. The van der Waals surface area contributed by atoms with Crippen LogP contribution in [0.4, 0.5) is 0 Å². The van der Waals surface area contributed by atoms with E-state index in [-0.39, 0.29) is 30.3 Å². The molecule has 6 heteroatoms. The number of aryl methyl sites for hydroxylation is 1. The molecule has 1 aromatic rings. The van der Waals surface area contributed by atoms with Crippen molar-refractivity contribution in [2.45, 2.75) is 52.1 Å². The summed E-state index contributed by atoms with van der Waals surface area (Å²) in [7, 11) is 0. The third kappa shape index (κ3) is 5.53. The Morgan fingerprint density at radius 3 is 2.62 bits per heavy atom. The highest BCUT2D eigenvalue weighted by Crippen LogP contribution is 2.10. The third-order valence-corrected chi connectivity index (χ3v) is 4.04. The second-order valence-corrected chi connectivity index (χ2v) is 6.34. The van der Waals surface area contributed by atoms with Crippen molar-refractivity contribution in [2.24, 2.45) is 0 Å². The fraction of sp³-hybridized carbons (Fsp3) is 0.556. The van der Waals surface area contributed by atoms with Crippen LogP contribution < -0.4 is 10.6 Å². The molecule has 1 aliphatic rings. The molecule has 0 fully saturated rings. The summed E-state index contributed by atoms with van der Waals surface area (Å²) in [6, 6.07) is 1.78. The average Bonchev–Trinajstić information content (AvgIpc) is 2.92. The van der Waals surface area contributed by atoms with E-state index < -0.39 is 0 Å². The van der Waals surface area contributed by atoms with Crippen molar-refractivity contribution in [3.63, 3.8) is 0 Å². The fourth-order valence-corrected chi connectivity index (χ4v) is 2.75. The van der Waals surface area contributed by atoms with Gasteiger partial charge in [-0.2, -0.15) is 0 Å². The van der Waals surface area contributed by atoms with Crippen LogP contribution >= 0.6 is 0 Å². The zero-order valence-electron chi connectivity index (χ0n) is 14.6. The van der Waals surface area contributed by atoms with Gasteiger partial charge in [0.05, 0.1) is 25.9 Å². The summed E-state index contributed by atoms with van der Waals surface area (Å²) in [5, 5.41) is 5.92. The first-order valence-corrected chi connectivity index (χ1v) is 8.35. The van der Waals surface area contributed by atoms with E-state index in [1.165, 1.54) is 0 Å². The summed E-state index contributed by atoms with van der Waals surface area (Å²) in [5.74, 6) is 0.564. The molecule has 2 amide bonds. The van der Waals surface area contributed by atoms with E-state index in [0.717, 1.165) is 11.1 Å². The lowest BCUT2D eigenvalue weighted by atomic mass is 10.1. The average molecular weight is 334 g/mol. The van der Waals surface area contributed by atoms with E-state index in [1.54, 1.807) is 6.26 Å². The maximum absolute atomic E-state index is 12.1. The van der Waals surface area contributed by atoms with Crippen LogP contribution in [-0.2, 0) is 20.7 Å². The van der Waals surface area contributed by atoms with Crippen molar-refractivity contribution < 1.29 is 18.7 Å². The molecule has 2 atom stereocenters. The Morgan fingerprint density at radius 2 is 2.00 bits per heavy atom. The first-order valence-electron chi connectivity index (χ1n) is 8.35. The molecule has 2 rings (SSSR count). The highest BCUT2D eigenvalue weighted by molar-refractivity contribution is 5.93. The van der Waals surface area contributed by atoms with Crippen LogP contribution in [0, 0.1) is 6.92 Å². The minimum Gasteiger partial charge on any atom is -0.469 e. The van der Waals surface area contributed by atoms with Gasteiger partial charge < -0.3 is 19.8 Å². The minimum atomic E-state index is -0.0776. The van der Waals surface area contributed by atoms with E-state index in [4.69, 9.17) is 9.15 Å². The first kappa shape index (κ1) is 18.3. The Labute approximate surface area is 142 Å². The van der Waals surface area contributed by atoms with Crippen molar-refractivity contribution in [3.8, 4) is 0 Å². The Morgan fingerprint density at radius 1 is 1.25 bits per heavy atom. The summed E-state index contributed by atoms with van der Waals surface area (Å²) < 4.78 is 10.5. The quantitative estimate of drug-likeness (QED) is 0.798. The number of carbonyl (C=O) groups is 2. The molecule has 2 heterocycles. The highest BCUT2D eigenvalue weighted by Gasteiger charge is 2.18. The fourth-order valence-electron chi connectivity index (χ4n) is 2.75. The number of furan rings is 1. The van der Waals surface area contributed by atoms with Gasteiger partial charge in [0.1, 0.15) is 5.76 Å². The van der Waals surface area contributed by atoms with Gasteiger partial charge in [0.2, 0.25) is 11.8 Å². The number of hydrogen-bond donors (Lipinski definition) is 2. The molecule has 1 aliphatic heterocycles. The van der Waals surface area contributed by atoms with Crippen LogP contribution in [0.2, 0.25) is 0 Å². The smallest absolute Gasteiger partial charge is 0.247 e. The van der Waals surface area contributed by atoms with Gasteiger partial charge >= 0.3 is 0 Å². The predicted molar refractivity (Wildman–Crippen MR) is 90.5 cm³/mol. The van der Waals surface area contributed by atoms with Crippen molar-refractivity contribution >= 4 is 11.8 Å². The zero-order chi connectivity index (χ0) is 17.5. The van der Waals surface area contributed by atoms with E-state index >= 15 is 0 Å². The number of hydrogen-bond acceptors (Lipinski definition) is 4. The van der Waals surface area contributed by atoms with Crippen LogP contribution in [0.1, 0.15) is 38.0 Å². The maximum atomic E-state index is 12.1. The normalized spacial score (nSPS) is 16.9. The van der Waals surface area contributed by atoms with Crippen molar-refractivity contribution in [1.82, 2.24) is 10.6 Å². The lowest BCUT2D eigenvalue weighted by molar-refractivity contribution is -0.121. The predicted octanol–water partition coefficient (Wildman–Crippen LogP) is 1.88. The standard InChI is InChI=1S/C18H26N2O4/c1-12-4-9-24-16(12)11-17(21)19-13(2)10-14(3)20-18(22)15-5-7-23-8-6-15/h4-5,9,13-14H,6-8,10-11H2,1-3H3,(H,19,21)(H,20,22). The van der Waals surface area contributed by atoms with Gasteiger partial charge in [-0.15, -0.1) is 0 Å². The number of nitrogens with one attached hydrogen (secondary N) is 2. The molecule has 0 radical (unpaired) electrons. The Balaban J connectivity index is 1.73. The topological polar surface area (TPSA) is 80.6 Å². The summed E-state index contributed by atoms with van der Waals surface area (Å²) in [4.78, 5) is 24.2. The number of rotatable bonds is 7. The lowest BCUT2D eigenvalue weighted by Crippen LogP contribution is -2.41. The molecule has 0 saturated heterocycles. The second kappa shape index (κ2) is 8.68. The Bertz CT molecular complexity index is 606. The Kier molecular flexibility index (Phi) is 6.61. The van der Waals surface area contributed by atoms with Gasteiger partial charge in [-0.25, -0.2) is 0 Å². The summed E-state index contributed by atoms with van der Waals surface area (Å²) in [6.07, 6.45) is 4.95. The van der Waals surface area contributed by atoms with Gasteiger partial charge in [-0.3, -0.25) is 9.59 Å². The van der Waals surface area contributed by atoms with Crippen LogP contribution in [-0.4, -0.2) is 37.1 Å². The van der Waals surface area contributed by atoms with Crippen molar-refractivity contribution in [2.75, 3.05) is 13.2 Å². The molecule has 2 N–H and O–H groups in total. The van der Waals surface area contributed by atoms with E-state index in [9.17, 15) is 9.59 Å². The molecule has 1 aromatic heterocycles. The van der Waals surface area contributed by atoms with Gasteiger partial charge in [-0.1, -0.05) is 6.08 Å². The second-order valence-electron chi connectivity index (χ2n) is 6.34. The molecule has 0 spiro atoms. The van der Waals surface area contributed by atoms with Crippen LogP contribution in [0.3, 0.4) is 0 Å². The lowest BCUT2D eigenvalue weighted by Gasteiger charge is -2.21. The molecular weight excluding hydrogens is 308 g/mol. The molecule has 0 saturated carbocycles. The highest BCUT2D eigenvalue weighted by atomic mass is 16.5. The monoisotopic (exact) mass is 334 g/mol. The summed E-state index contributed by atoms with van der Waals surface area (Å²) >= 11 is 0. The molecule has 6 nitrogen and oxygen atoms in total. The van der Waals surface area contributed by atoms with Gasteiger partial charge in [0, 0.05) is 24.1 Å². The number of carbonyl (C=O) groups excluding carboxylic acids is 2. The molecule has 0 aliphatic carbocycles. The molecule has 0 aromatic carbocycles. The SMILES string of the molecule is Cc1ccoc1CC(=O)NC(C)CC(C)NC(=O)C1=CCOCC1. The number of ether oxygens (including phenoxy) is 1. The molecule has 0 bridgehead atoms. The third-order valence-electron chi connectivity index (χ3n) is 4.04. The molecule has 2 unspecified atom stereocenters. The largest absolute Gasteiger partial charge is 0.469 e. The minimum absolute atomic E-state index is 0.0260. The number of amides is 2. The molecule has 24 heavy (non-hydrogen) atoms.